The van der Waals surface area contributed by atoms with Crippen molar-refractivity contribution >= 4 is 33.2 Å². The van der Waals surface area contributed by atoms with E-state index in [2.05, 4.69) is 38.0 Å². The number of rotatable bonds is 6. The molecular formula is C13H19BrN2OS. The van der Waals surface area contributed by atoms with Crippen LogP contribution in [0.5, 0.6) is 0 Å². The minimum absolute atomic E-state index is 0.180. The van der Waals surface area contributed by atoms with Crippen molar-refractivity contribution in [3.63, 3.8) is 0 Å². The van der Waals surface area contributed by atoms with E-state index >= 15 is 0 Å². The average Bonchev–Trinajstić information content (AvgIpc) is 2.97. The Kier molecular flexibility index (Phi) is 5.66. The first kappa shape index (κ1) is 14.0. The number of thiophene rings is 1. The van der Waals surface area contributed by atoms with Crippen LogP contribution in [-0.4, -0.2) is 18.5 Å². The van der Waals surface area contributed by atoms with Crippen molar-refractivity contribution in [1.29, 1.82) is 0 Å². The van der Waals surface area contributed by atoms with Gasteiger partial charge in [0, 0.05) is 34.9 Å². The van der Waals surface area contributed by atoms with Gasteiger partial charge in [0.15, 0.2) is 0 Å². The van der Waals surface area contributed by atoms with E-state index < -0.39 is 0 Å². The number of hydrogen-bond acceptors (Lipinski definition) is 3. The highest BCUT2D eigenvalue weighted by Gasteiger charge is 2.16. The number of carbonyl (C=O) groups excluding carboxylic acids is 1. The molecule has 2 N–H and O–H groups in total. The second-order valence-corrected chi connectivity index (χ2v) is 6.52. The topological polar surface area (TPSA) is 41.1 Å². The molecule has 1 amide bonds. The molecule has 2 rings (SSSR count). The Morgan fingerprint density at radius 3 is 2.89 bits per heavy atom. The van der Waals surface area contributed by atoms with Gasteiger partial charge in [0.1, 0.15) is 0 Å². The second kappa shape index (κ2) is 7.26. The lowest BCUT2D eigenvalue weighted by molar-refractivity contribution is -0.121. The normalized spacial score (nSPS) is 16.1. The van der Waals surface area contributed by atoms with Crippen LogP contribution in [-0.2, 0) is 11.3 Å². The molecule has 0 unspecified atom stereocenters. The molecular weight excluding hydrogens is 312 g/mol. The summed E-state index contributed by atoms with van der Waals surface area (Å²) in [4.78, 5) is 13.0. The molecule has 0 bridgehead atoms. The molecule has 1 heterocycles. The van der Waals surface area contributed by atoms with E-state index in [9.17, 15) is 4.79 Å². The molecule has 100 valence electrons. The van der Waals surface area contributed by atoms with Crippen LogP contribution < -0.4 is 10.6 Å². The van der Waals surface area contributed by atoms with Crippen LogP contribution in [0.1, 0.15) is 37.0 Å². The van der Waals surface area contributed by atoms with E-state index in [1.54, 1.807) is 11.3 Å². The fourth-order valence-corrected chi connectivity index (χ4v) is 3.69. The van der Waals surface area contributed by atoms with Gasteiger partial charge in [0.2, 0.25) is 5.91 Å². The van der Waals surface area contributed by atoms with Crippen LogP contribution in [0.4, 0.5) is 0 Å². The zero-order chi connectivity index (χ0) is 12.8. The first-order valence-electron chi connectivity index (χ1n) is 6.47. The Balaban J connectivity index is 1.57. The summed E-state index contributed by atoms with van der Waals surface area (Å²) in [6, 6.07) is 2.48. The van der Waals surface area contributed by atoms with Gasteiger partial charge in [-0.05, 0) is 40.2 Å². The monoisotopic (exact) mass is 330 g/mol. The van der Waals surface area contributed by atoms with E-state index in [0.29, 0.717) is 12.5 Å². The van der Waals surface area contributed by atoms with Crippen molar-refractivity contribution in [2.75, 3.05) is 6.54 Å². The molecule has 18 heavy (non-hydrogen) atoms. The Morgan fingerprint density at radius 2 is 2.22 bits per heavy atom. The average molecular weight is 331 g/mol. The first-order chi connectivity index (χ1) is 8.75. The minimum Gasteiger partial charge on any atom is -0.353 e. The summed E-state index contributed by atoms with van der Waals surface area (Å²) in [6.07, 6.45) is 5.40. The third-order valence-corrected chi connectivity index (χ3v) is 5.15. The number of nitrogens with one attached hydrogen (secondary N) is 2. The van der Waals surface area contributed by atoms with Crippen molar-refractivity contribution in [1.82, 2.24) is 10.6 Å². The summed E-state index contributed by atoms with van der Waals surface area (Å²) < 4.78 is 1.15. The summed E-state index contributed by atoms with van der Waals surface area (Å²) >= 11 is 5.22. The summed E-state index contributed by atoms with van der Waals surface area (Å²) in [6.45, 7) is 1.57. The van der Waals surface area contributed by atoms with Crippen molar-refractivity contribution in [2.24, 2.45) is 0 Å². The molecule has 1 aromatic heterocycles. The smallest absolute Gasteiger partial charge is 0.221 e. The van der Waals surface area contributed by atoms with Crippen LogP contribution in [0.3, 0.4) is 0 Å². The van der Waals surface area contributed by atoms with E-state index in [1.165, 1.54) is 17.7 Å². The molecule has 0 radical (unpaired) electrons. The van der Waals surface area contributed by atoms with Gasteiger partial charge in [-0.3, -0.25) is 4.79 Å². The Morgan fingerprint density at radius 1 is 1.44 bits per heavy atom. The Hall–Kier alpha value is -0.390. The van der Waals surface area contributed by atoms with E-state index in [0.717, 1.165) is 30.4 Å². The Bertz CT molecular complexity index is 388. The maximum atomic E-state index is 11.7. The van der Waals surface area contributed by atoms with E-state index in [-0.39, 0.29) is 5.91 Å². The molecule has 1 saturated carbocycles. The van der Waals surface area contributed by atoms with Crippen LogP contribution in [0.2, 0.25) is 0 Å². The van der Waals surface area contributed by atoms with Gasteiger partial charge in [-0.2, -0.15) is 0 Å². The van der Waals surface area contributed by atoms with Crippen LogP contribution in [0.15, 0.2) is 15.9 Å². The Labute approximate surface area is 120 Å². The summed E-state index contributed by atoms with van der Waals surface area (Å²) in [5.41, 5.74) is 0. The fourth-order valence-electron chi connectivity index (χ4n) is 2.23. The molecule has 0 saturated heterocycles. The molecule has 1 aliphatic rings. The molecule has 0 aromatic carbocycles. The van der Waals surface area contributed by atoms with Crippen LogP contribution in [0, 0.1) is 0 Å². The predicted octanol–water partition coefficient (Wildman–Crippen LogP) is 3.05. The molecule has 3 nitrogen and oxygen atoms in total. The first-order valence-corrected chi connectivity index (χ1v) is 8.15. The van der Waals surface area contributed by atoms with Crippen LogP contribution in [0.25, 0.3) is 0 Å². The standard InChI is InChI=1S/C13H19BrN2OS/c14-11-6-8-18-12(11)9-15-7-5-13(17)16-10-3-1-2-4-10/h6,8,10,15H,1-5,7,9H2,(H,16,17). The molecule has 1 aliphatic carbocycles. The fraction of sp³-hybridized carbons (Fsp3) is 0.615. The van der Waals surface area contributed by atoms with Crippen molar-refractivity contribution in [2.45, 2.75) is 44.7 Å². The van der Waals surface area contributed by atoms with Gasteiger partial charge in [-0.15, -0.1) is 11.3 Å². The maximum Gasteiger partial charge on any atom is 0.221 e. The zero-order valence-corrected chi connectivity index (χ0v) is 12.8. The number of hydrogen-bond donors (Lipinski definition) is 2. The molecule has 0 atom stereocenters. The maximum absolute atomic E-state index is 11.7. The minimum atomic E-state index is 0.180. The van der Waals surface area contributed by atoms with Gasteiger partial charge in [0.05, 0.1) is 0 Å². The number of amides is 1. The lowest BCUT2D eigenvalue weighted by Crippen LogP contribution is -2.34. The predicted molar refractivity (Wildman–Crippen MR) is 78.7 cm³/mol. The molecule has 0 spiro atoms. The summed E-state index contributed by atoms with van der Waals surface area (Å²) in [7, 11) is 0. The zero-order valence-electron chi connectivity index (χ0n) is 10.4. The highest BCUT2D eigenvalue weighted by atomic mass is 79.9. The molecule has 1 aromatic rings. The molecule has 1 fully saturated rings. The lowest BCUT2D eigenvalue weighted by atomic mass is 10.2. The molecule has 5 heteroatoms. The highest BCUT2D eigenvalue weighted by molar-refractivity contribution is 9.10. The molecule has 0 aliphatic heterocycles. The van der Waals surface area contributed by atoms with Gasteiger partial charge in [0.25, 0.3) is 0 Å². The quantitative estimate of drug-likeness (QED) is 0.787. The van der Waals surface area contributed by atoms with Crippen LogP contribution >= 0.6 is 27.3 Å². The van der Waals surface area contributed by atoms with Gasteiger partial charge in [-0.1, -0.05) is 12.8 Å². The second-order valence-electron chi connectivity index (χ2n) is 4.67. The van der Waals surface area contributed by atoms with Gasteiger partial charge in [-0.25, -0.2) is 0 Å². The largest absolute Gasteiger partial charge is 0.353 e. The summed E-state index contributed by atoms with van der Waals surface area (Å²) in [5, 5.41) is 8.47. The SMILES string of the molecule is O=C(CCNCc1sccc1Br)NC1CCCC1. The van der Waals surface area contributed by atoms with Crippen molar-refractivity contribution < 1.29 is 4.79 Å². The van der Waals surface area contributed by atoms with Gasteiger partial charge >= 0.3 is 0 Å². The number of halogens is 1. The summed E-state index contributed by atoms with van der Waals surface area (Å²) in [5.74, 6) is 0.180. The van der Waals surface area contributed by atoms with Crippen molar-refractivity contribution in [3.8, 4) is 0 Å². The highest BCUT2D eigenvalue weighted by Crippen LogP contribution is 2.22. The number of carbonyl (C=O) groups is 1. The third-order valence-electron chi connectivity index (χ3n) is 3.23. The third kappa shape index (κ3) is 4.37. The van der Waals surface area contributed by atoms with E-state index in [1.807, 2.05) is 0 Å². The van der Waals surface area contributed by atoms with Crippen molar-refractivity contribution in [3.05, 3.63) is 20.8 Å². The van der Waals surface area contributed by atoms with E-state index in [4.69, 9.17) is 0 Å². The lowest BCUT2D eigenvalue weighted by Gasteiger charge is -2.11. The van der Waals surface area contributed by atoms with Gasteiger partial charge < -0.3 is 10.6 Å².